The Bertz CT molecular complexity index is 2730. The van der Waals surface area contributed by atoms with Crippen molar-refractivity contribution in [2.75, 3.05) is 51.7 Å². The minimum absolute atomic E-state index is 0.0135. The number of carbonyl (C=O) groups is 2. The van der Waals surface area contributed by atoms with E-state index in [0.29, 0.717) is 56.8 Å². The van der Waals surface area contributed by atoms with Crippen LogP contribution in [0.15, 0.2) is 85.2 Å². The van der Waals surface area contributed by atoms with Crippen molar-refractivity contribution in [3.63, 3.8) is 0 Å². The summed E-state index contributed by atoms with van der Waals surface area (Å²) >= 11 is 0. The van der Waals surface area contributed by atoms with Gasteiger partial charge in [-0.25, -0.2) is 0 Å². The Labute approximate surface area is 371 Å². The number of benzene rings is 4. The van der Waals surface area contributed by atoms with Gasteiger partial charge in [-0.2, -0.15) is 16.8 Å². The number of methoxy groups -OCH3 is 2. The van der Waals surface area contributed by atoms with Gasteiger partial charge in [0.05, 0.1) is 25.3 Å². The number of rotatable bonds is 12. The monoisotopic (exact) mass is 932 g/mol. The number of nitrogens with zero attached hydrogens (tertiary/aromatic N) is 2. The zero-order valence-electron chi connectivity index (χ0n) is 34.4. The molecule has 4 aromatic rings. The van der Waals surface area contributed by atoms with Crippen LogP contribution in [0.5, 0.6) is 34.5 Å². The first-order valence-corrected chi connectivity index (χ1v) is 23.2. The van der Waals surface area contributed by atoms with Crippen LogP contribution in [-0.4, -0.2) is 124 Å². The molecule has 6 heterocycles. The second kappa shape index (κ2) is 16.2. The molecule has 6 atom stereocenters. The molecule has 0 bridgehead atoms. The average molecular weight is 933 g/mol. The van der Waals surface area contributed by atoms with Crippen LogP contribution in [0.4, 0.5) is 11.4 Å². The highest BCUT2D eigenvalue weighted by Crippen LogP contribution is 2.45. The van der Waals surface area contributed by atoms with Crippen molar-refractivity contribution in [3.8, 4) is 34.5 Å². The fraction of sp³-hybridized carbons (Fsp3) is 0.302. The molecule has 340 valence electrons. The summed E-state index contributed by atoms with van der Waals surface area (Å²) in [6.45, 7) is -0.280. The number of hydrogen-bond acceptors (Lipinski definition) is 16. The molecular formula is C43H40N4O16S2. The van der Waals surface area contributed by atoms with Crippen LogP contribution >= 0.6 is 0 Å². The maximum atomic E-state index is 14.3. The zero-order chi connectivity index (χ0) is 45.4. The third-order valence-electron chi connectivity index (χ3n) is 12.0. The lowest BCUT2D eigenvalue weighted by Crippen LogP contribution is -2.53. The lowest BCUT2D eigenvalue weighted by Gasteiger charge is -2.33. The van der Waals surface area contributed by atoms with Gasteiger partial charge in [0.1, 0.15) is 35.8 Å². The first-order valence-electron chi connectivity index (χ1n) is 20.2. The molecule has 10 rings (SSSR count). The maximum Gasteiger partial charge on any atom is 0.288 e. The van der Waals surface area contributed by atoms with Crippen molar-refractivity contribution >= 4 is 54.6 Å². The van der Waals surface area contributed by atoms with Crippen LogP contribution in [0.2, 0.25) is 0 Å². The van der Waals surface area contributed by atoms with Crippen LogP contribution in [0.1, 0.15) is 38.3 Å². The predicted octanol–water partition coefficient (Wildman–Crippen LogP) is 4.03. The highest BCUT2D eigenvalue weighted by atomic mass is 32.2. The topological polar surface area (TPSA) is 247 Å². The van der Waals surface area contributed by atoms with Crippen molar-refractivity contribution in [3.05, 3.63) is 107 Å². The standard InChI is InChI=1S/C43H40N4O16S2/c1-56-24-6-8-30-26(16-24)42(48)46-18-28(22-4-10-32-34(14-22)62-20-60-32)38(36(46)40(44-30)64(50,51)52)58-12-3-13-59-39-29(23-5-11-33-35(15-23)63-21-61-33)19-47-37(39)41(65(53,54)55)45-31-9-7-25(57-2)17-27(31)43(47)49/h4-11,14-19,36-41,44-45H,3,12-13,20-21H2,1-2H3,(H,50,51,52)(H,53,54,55)/t36-,37?,38?,39?,40?,41?/m0/s1. The summed E-state index contributed by atoms with van der Waals surface area (Å²) in [5.74, 6) is 1.29. The smallest absolute Gasteiger partial charge is 0.288 e. The number of hydrogen-bond donors (Lipinski definition) is 4. The van der Waals surface area contributed by atoms with Crippen molar-refractivity contribution in [1.82, 2.24) is 9.80 Å². The Hall–Kier alpha value is -6.56. The number of anilines is 2. The number of amides is 2. The molecule has 65 heavy (non-hydrogen) atoms. The highest BCUT2D eigenvalue weighted by molar-refractivity contribution is 7.86. The number of ether oxygens (including phenoxy) is 8. The Kier molecular flexibility index (Phi) is 10.5. The van der Waals surface area contributed by atoms with E-state index in [1.165, 1.54) is 60.7 Å². The molecule has 0 saturated heterocycles. The summed E-state index contributed by atoms with van der Waals surface area (Å²) in [6.07, 6.45) is 0.706. The molecule has 0 spiro atoms. The molecule has 4 N–H and O–H groups in total. The molecule has 2 amide bonds. The van der Waals surface area contributed by atoms with Gasteiger partial charge in [0.15, 0.2) is 33.7 Å². The van der Waals surface area contributed by atoms with Gasteiger partial charge >= 0.3 is 0 Å². The first-order chi connectivity index (χ1) is 31.2. The van der Waals surface area contributed by atoms with E-state index in [0.717, 1.165) is 0 Å². The summed E-state index contributed by atoms with van der Waals surface area (Å²) in [5.41, 5.74) is 2.27. The van der Waals surface area contributed by atoms with Gasteiger partial charge in [0, 0.05) is 48.1 Å². The summed E-state index contributed by atoms with van der Waals surface area (Å²) in [7, 11) is -7.01. The van der Waals surface area contributed by atoms with E-state index in [9.17, 15) is 35.5 Å². The number of carbonyl (C=O) groups excluding carboxylic acids is 2. The van der Waals surface area contributed by atoms with Gasteiger partial charge in [0.25, 0.3) is 32.1 Å². The molecule has 6 aliphatic rings. The van der Waals surface area contributed by atoms with E-state index in [1.807, 2.05) is 0 Å². The summed E-state index contributed by atoms with van der Waals surface area (Å²) in [4.78, 5) is 31.1. The van der Waals surface area contributed by atoms with Crippen LogP contribution in [0, 0.1) is 0 Å². The molecule has 5 unspecified atom stereocenters. The molecule has 0 radical (unpaired) electrons. The van der Waals surface area contributed by atoms with Crippen LogP contribution in [-0.2, 0) is 29.7 Å². The van der Waals surface area contributed by atoms with Gasteiger partial charge in [-0.3, -0.25) is 18.7 Å². The summed E-state index contributed by atoms with van der Waals surface area (Å²) < 4.78 is 120. The Morgan fingerprint density at radius 2 is 1.02 bits per heavy atom. The summed E-state index contributed by atoms with van der Waals surface area (Å²) in [5, 5.41) is 2.17. The van der Waals surface area contributed by atoms with Crippen LogP contribution in [0.25, 0.3) is 11.1 Å². The van der Waals surface area contributed by atoms with E-state index >= 15 is 0 Å². The Balaban J connectivity index is 0.961. The van der Waals surface area contributed by atoms with Gasteiger partial charge in [-0.1, -0.05) is 12.1 Å². The molecule has 22 heteroatoms. The SMILES string of the molecule is COc1ccc2c(c1)C(=O)N1C=C(c3ccc4c(c3)OCO4)C(OCCCOC3C(c4ccc5c(c4)OCO5)=CN4C(=O)c5cc(OC)ccc5NC(S(=O)(=O)O)[C@H]34)C1C(S(=O)(=O)O)N2. The van der Waals surface area contributed by atoms with E-state index in [2.05, 4.69) is 10.6 Å². The minimum Gasteiger partial charge on any atom is -0.497 e. The molecule has 0 fully saturated rings. The molecule has 6 aliphatic heterocycles. The Morgan fingerprint density at radius 3 is 1.42 bits per heavy atom. The number of nitrogens with one attached hydrogen (secondary N) is 2. The van der Waals surface area contributed by atoms with Crippen LogP contribution < -0.4 is 39.1 Å². The third-order valence-corrected chi connectivity index (χ3v) is 14.0. The molecule has 0 saturated carbocycles. The van der Waals surface area contributed by atoms with Crippen molar-refractivity contribution in [2.45, 2.75) is 41.5 Å². The van der Waals surface area contributed by atoms with E-state index < -0.39 is 67.1 Å². The van der Waals surface area contributed by atoms with E-state index in [-0.39, 0.29) is 55.7 Å². The average Bonchev–Trinajstić information content (AvgIpc) is 4.08. The molecule has 20 nitrogen and oxygen atoms in total. The highest BCUT2D eigenvalue weighted by Gasteiger charge is 2.53. The van der Waals surface area contributed by atoms with Gasteiger partial charge in [-0.05, 0) is 78.2 Å². The zero-order valence-corrected chi connectivity index (χ0v) is 36.0. The normalized spacial score (nSPS) is 23.8. The third kappa shape index (κ3) is 7.50. The fourth-order valence-electron chi connectivity index (χ4n) is 8.92. The molecular weight excluding hydrogens is 893 g/mol. The molecule has 0 aliphatic carbocycles. The summed E-state index contributed by atoms with van der Waals surface area (Å²) in [6, 6.07) is 16.4. The molecule has 4 aromatic carbocycles. The van der Waals surface area contributed by atoms with E-state index in [4.69, 9.17) is 37.9 Å². The van der Waals surface area contributed by atoms with Gasteiger partial charge in [0.2, 0.25) is 13.6 Å². The lowest BCUT2D eigenvalue weighted by molar-refractivity contribution is 0.0109. The fourth-order valence-corrected chi connectivity index (χ4v) is 10.7. The van der Waals surface area contributed by atoms with Crippen molar-refractivity contribution in [1.29, 1.82) is 0 Å². The predicted molar refractivity (Wildman–Crippen MR) is 229 cm³/mol. The van der Waals surface area contributed by atoms with Crippen LogP contribution in [0.3, 0.4) is 0 Å². The number of fused-ring (bicyclic) bond motifs is 6. The van der Waals surface area contributed by atoms with Gasteiger partial charge < -0.3 is 58.3 Å². The lowest BCUT2D eigenvalue weighted by atomic mass is 9.98. The first kappa shape index (κ1) is 42.4. The second-order valence-electron chi connectivity index (χ2n) is 15.6. The quantitative estimate of drug-likeness (QED) is 0.116. The minimum atomic E-state index is -4.93. The largest absolute Gasteiger partial charge is 0.497 e. The molecule has 0 aromatic heterocycles. The van der Waals surface area contributed by atoms with Crippen molar-refractivity contribution < 1.29 is 73.4 Å². The van der Waals surface area contributed by atoms with Gasteiger partial charge in [-0.15, -0.1) is 0 Å². The maximum absolute atomic E-state index is 14.3. The van der Waals surface area contributed by atoms with Crippen molar-refractivity contribution in [2.24, 2.45) is 0 Å². The second-order valence-corrected chi connectivity index (χ2v) is 18.7. The van der Waals surface area contributed by atoms with E-state index in [1.54, 1.807) is 48.5 Å². The Morgan fingerprint density at radius 1 is 0.600 bits per heavy atom.